The van der Waals surface area contributed by atoms with Gasteiger partial charge in [0.2, 0.25) is 0 Å². The van der Waals surface area contributed by atoms with Crippen molar-refractivity contribution in [2.45, 2.75) is 13.0 Å². The van der Waals surface area contributed by atoms with Gasteiger partial charge in [-0.25, -0.2) is 4.98 Å². The zero-order chi connectivity index (χ0) is 17.9. The highest BCUT2D eigenvalue weighted by atomic mass is 16.3. The van der Waals surface area contributed by atoms with Gasteiger partial charge in [-0.15, -0.1) is 0 Å². The Morgan fingerprint density at radius 2 is 1.96 bits per heavy atom. The fourth-order valence-corrected chi connectivity index (χ4v) is 2.73. The molecule has 0 bridgehead atoms. The largest absolute Gasteiger partial charge is 0.459 e. The van der Waals surface area contributed by atoms with Crippen molar-refractivity contribution in [3.8, 4) is 0 Å². The third-order valence-electron chi connectivity index (χ3n) is 4.04. The predicted molar refractivity (Wildman–Crippen MR) is 96.5 cm³/mol. The summed E-state index contributed by atoms with van der Waals surface area (Å²) in [5.41, 5.74) is 2.59. The van der Waals surface area contributed by atoms with Crippen molar-refractivity contribution in [1.82, 2.24) is 20.3 Å². The van der Waals surface area contributed by atoms with E-state index in [9.17, 15) is 4.79 Å². The Balaban J connectivity index is 1.71. The monoisotopic (exact) mass is 344 g/mol. The Hall–Kier alpha value is -3.54. The van der Waals surface area contributed by atoms with Crippen molar-refractivity contribution < 1.29 is 9.21 Å². The number of amides is 1. The van der Waals surface area contributed by atoms with Crippen molar-refractivity contribution in [3.63, 3.8) is 0 Å². The van der Waals surface area contributed by atoms with E-state index in [2.05, 4.69) is 20.3 Å². The molecule has 0 radical (unpaired) electrons. The lowest BCUT2D eigenvalue weighted by Gasteiger charge is -2.16. The van der Waals surface area contributed by atoms with Crippen LogP contribution < -0.4 is 5.32 Å². The second-order valence-electron chi connectivity index (χ2n) is 5.92. The molecule has 0 aliphatic rings. The van der Waals surface area contributed by atoms with Gasteiger partial charge in [0.15, 0.2) is 0 Å². The zero-order valence-corrected chi connectivity index (χ0v) is 14.1. The molecule has 4 aromatic rings. The number of fused-ring (bicyclic) bond motifs is 1. The number of nitrogens with one attached hydrogen (secondary N) is 1. The Morgan fingerprint density at radius 1 is 1.08 bits per heavy atom. The van der Waals surface area contributed by atoms with E-state index in [0.717, 1.165) is 22.2 Å². The SMILES string of the molecule is Cc1cnc(C(=O)NC(c2cccnc2)c2cc3ccccc3o2)cn1. The molecular formula is C20H16N4O2. The first-order chi connectivity index (χ1) is 12.7. The average molecular weight is 344 g/mol. The maximum Gasteiger partial charge on any atom is 0.272 e. The van der Waals surface area contributed by atoms with Crippen LogP contribution in [0, 0.1) is 6.92 Å². The summed E-state index contributed by atoms with van der Waals surface area (Å²) in [6.07, 6.45) is 6.42. The van der Waals surface area contributed by atoms with E-state index in [1.807, 2.05) is 49.4 Å². The predicted octanol–water partition coefficient (Wildman–Crippen LogP) is 3.45. The number of aryl methyl sites for hydroxylation is 1. The lowest BCUT2D eigenvalue weighted by Crippen LogP contribution is -2.30. The van der Waals surface area contributed by atoms with Gasteiger partial charge in [0, 0.05) is 29.5 Å². The van der Waals surface area contributed by atoms with Gasteiger partial charge in [-0.2, -0.15) is 0 Å². The second-order valence-corrected chi connectivity index (χ2v) is 5.92. The van der Waals surface area contributed by atoms with Gasteiger partial charge in [-0.05, 0) is 25.1 Å². The number of para-hydroxylation sites is 1. The lowest BCUT2D eigenvalue weighted by atomic mass is 10.1. The molecule has 1 N–H and O–H groups in total. The van der Waals surface area contributed by atoms with Crippen LogP contribution in [0.1, 0.15) is 33.5 Å². The molecule has 0 aliphatic carbocycles. The van der Waals surface area contributed by atoms with E-state index in [0.29, 0.717) is 5.76 Å². The van der Waals surface area contributed by atoms with Gasteiger partial charge in [-0.1, -0.05) is 24.3 Å². The van der Waals surface area contributed by atoms with E-state index in [-0.39, 0.29) is 11.6 Å². The Bertz CT molecular complexity index is 1010. The third kappa shape index (κ3) is 3.17. The molecular weight excluding hydrogens is 328 g/mol. The van der Waals surface area contributed by atoms with Crippen molar-refractivity contribution in [3.05, 3.63) is 90.0 Å². The number of furan rings is 1. The summed E-state index contributed by atoms with van der Waals surface area (Å²) in [7, 11) is 0. The summed E-state index contributed by atoms with van der Waals surface area (Å²) >= 11 is 0. The smallest absolute Gasteiger partial charge is 0.272 e. The highest BCUT2D eigenvalue weighted by molar-refractivity contribution is 5.92. The first-order valence-electron chi connectivity index (χ1n) is 8.18. The summed E-state index contributed by atoms with van der Waals surface area (Å²) in [6, 6.07) is 12.9. The topological polar surface area (TPSA) is 80.9 Å². The van der Waals surface area contributed by atoms with E-state index < -0.39 is 6.04 Å². The Kier molecular flexibility index (Phi) is 4.15. The van der Waals surface area contributed by atoms with E-state index in [1.54, 1.807) is 18.6 Å². The molecule has 1 amide bonds. The molecule has 1 unspecified atom stereocenters. The maximum atomic E-state index is 12.7. The molecule has 3 aromatic heterocycles. The first-order valence-corrected chi connectivity index (χ1v) is 8.18. The van der Waals surface area contributed by atoms with Crippen LogP contribution in [0.25, 0.3) is 11.0 Å². The summed E-state index contributed by atoms with van der Waals surface area (Å²) in [6.45, 7) is 1.82. The quantitative estimate of drug-likeness (QED) is 0.613. The molecule has 0 saturated carbocycles. The minimum atomic E-state index is -0.480. The number of hydrogen-bond acceptors (Lipinski definition) is 5. The van der Waals surface area contributed by atoms with Gasteiger partial charge >= 0.3 is 0 Å². The number of nitrogens with zero attached hydrogens (tertiary/aromatic N) is 3. The molecule has 4 rings (SSSR count). The Morgan fingerprint density at radius 3 is 2.69 bits per heavy atom. The third-order valence-corrected chi connectivity index (χ3v) is 4.04. The van der Waals surface area contributed by atoms with Gasteiger partial charge in [0.25, 0.3) is 5.91 Å². The number of hydrogen-bond donors (Lipinski definition) is 1. The average Bonchev–Trinajstić information content (AvgIpc) is 3.11. The number of benzene rings is 1. The molecule has 3 heterocycles. The fourth-order valence-electron chi connectivity index (χ4n) is 2.73. The summed E-state index contributed by atoms with van der Waals surface area (Å²) in [5.74, 6) is 0.305. The van der Waals surface area contributed by atoms with Gasteiger partial charge in [0.05, 0.1) is 11.9 Å². The minimum absolute atomic E-state index is 0.251. The molecule has 128 valence electrons. The molecule has 1 atom stereocenters. The van der Waals surface area contributed by atoms with Crippen LogP contribution >= 0.6 is 0 Å². The molecule has 6 nitrogen and oxygen atoms in total. The fraction of sp³-hybridized carbons (Fsp3) is 0.100. The summed E-state index contributed by atoms with van der Waals surface area (Å²) in [4.78, 5) is 25.1. The molecule has 0 spiro atoms. The van der Waals surface area contributed by atoms with Crippen molar-refractivity contribution in [1.29, 1.82) is 0 Å². The molecule has 26 heavy (non-hydrogen) atoms. The highest BCUT2D eigenvalue weighted by Crippen LogP contribution is 2.28. The van der Waals surface area contributed by atoms with Gasteiger partial charge in [-0.3, -0.25) is 14.8 Å². The molecule has 0 aliphatic heterocycles. The number of pyridine rings is 1. The van der Waals surface area contributed by atoms with Gasteiger partial charge in [0.1, 0.15) is 23.1 Å². The molecule has 6 heteroatoms. The van der Waals surface area contributed by atoms with Crippen molar-refractivity contribution in [2.75, 3.05) is 0 Å². The van der Waals surface area contributed by atoms with Gasteiger partial charge < -0.3 is 9.73 Å². The van der Waals surface area contributed by atoms with Crippen LogP contribution in [0.5, 0.6) is 0 Å². The van der Waals surface area contributed by atoms with E-state index in [1.165, 1.54) is 6.20 Å². The standard InChI is InChI=1S/C20H16N4O2/c1-13-10-23-16(12-22-13)20(25)24-19(15-6-4-8-21-11-15)18-9-14-5-2-3-7-17(14)26-18/h2-12,19H,1H3,(H,24,25). The van der Waals surface area contributed by atoms with E-state index in [4.69, 9.17) is 4.42 Å². The zero-order valence-electron chi connectivity index (χ0n) is 14.1. The van der Waals surface area contributed by atoms with Crippen molar-refractivity contribution >= 4 is 16.9 Å². The maximum absolute atomic E-state index is 12.7. The van der Waals surface area contributed by atoms with E-state index >= 15 is 0 Å². The number of rotatable bonds is 4. The molecule has 1 aromatic carbocycles. The Labute approximate surface area is 149 Å². The minimum Gasteiger partial charge on any atom is -0.459 e. The van der Waals surface area contributed by atoms with Crippen LogP contribution in [0.4, 0.5) is 0 Å². The summed E-state index contributed by atoms with van der Waals surface area (Å²) in [5, 5.41) is 3.94. The van der Waals surface area contributed by atoms with Crippen LogP contribution in [-0.4, -0.2) is 20.9 Å². The number of carbonyl (C=O) groups is 1. The van der Waals surface area contributed by atoms with Crippen LogP contribution in [-0.2, 0) is 0 Å². The number of carbonyl (C=O) groups excluding carboxylic acids is 1. The normalized spacial score (nSPS) is 12.0. The molecule has 0 fully saturated rings. The second kappa shape index (κ2) is 6.76. The van der Waals surface area contributed by atoms with Crippen molar-refractivity contribution in [2.24, 2.45) is 0 Å². The van der Waals surface area contributed by atoms with Crippen LogP contribution in [0.15, 0.2) is 71.7 Å². The number of aromatic nitrogens is 3. The lowest BCUT2D eigenvalue weighted by molar-refractivity contribution is 0.0933. The van der Waals surface area contributed by atoms with Crippen LogP contribution in [0.3, 0.4) is 0 Å². The molecule has 0 saturated heterocycles. The first kappa shape index (κ1) is 16.0. The van der Waals surface area contributed by atoms with Crippen LogP contribution in [0.2, 0.25) is 0 Å². The highest BCUT2D eigenvalue weighted by Gasteiger charge is 2.22. The summed E-state index contributed by atoms with van der Waals surface area (Å²) < 4.78 is 5.96.